The fourth-order valence-electron chi connectivity index (χ4n) is 4.93. The van der Waals surface area contributed by atoms with Gasteiger partial charge in [-0.2, -0.15) is 0 Å². The second kappa shape index (κ2) is 7.15. The van der Waals surface area contributed by atoms with Gasteiger partial charge >= 0.3 is 0 Å². The normalized spacial score (nSPS) is 28.3. The Kier molecular flexibility index (Phi) is 4.93. The minimum Gasteiger partial charge on any atom is -0.383 e. The predicted molar refractivity (Wildman–Crippen MR) is 98.4 cm³/mol. The third-order valence-electron chi connectivity index (χ3n) is 6.54. The number of likely N-dealkylation sites (tertiary alicyclic amines) is 2. The van der Waals surface area contributed by atoms with Crippen LogP contribution in [0.3, 0.4) is 0 Å². The van der Waals surface area contributed by atoms with Crippen LogP contribution in [0.2, 0.25) is 0 Å². The molecule has 2 heterocycles. The van der Waals surface area contributed by atoms with E-state index in [0.717, 1.165) is 25.1 Å². The van der Waals surface area contributed by atoms with Crippen molar-refractivity contribution in [3.8, 4) is 0 Å². The Hall–Kier alpha value is -0.900. The average Bonchev–Trinajstić information content (AvgIpc) is 3.47. The number of hydrogen-bond acceptors (Lipinski definition) is 3. The smallest absolute Gasteiger partial charge is 0.0589 e. The summed E-state index contributed by atoms with van der Waals surface area (Å²) in [4.78, 5) is 5.44. The van der Waals surface area contributed by atoms with Crippen molar-refractivity contribution in [1.82, 2.24) is 9.80 Å². The number of nitrogens with zero attached hydrogens (tertiary/aromatic N) is 2. The first-order valence-corrected chi connectivity index (χ1v) is 9.78. The van der Waals surface area contributed by atoms with Gasteiger partial charge in [-0.25, -0.2) is 0 Å². The molecule has 24 heavy (non-hydrogen) atoms. The number of piperidine rings is 2. The van der Waals surface area contributed by atoms with Crippen molar-refractivity contribution in [2.45, 2.75) is 44.1 Å². The van der Waals surface area contributed by atoms with Crippen LogP contribution in [0.25, 0.3) is 0 Å². The summed E-state index contributed by atoms with van der Waals surface area (Å²) in [6.07, 6.45) is 6.97. The van der Waals surface area contributed by atoms with E-state index in [2.05, 4.69) is 40.1 Å². The van der Waals surface area contributed by atoms with Crippen molar-refractivity contribution < 1.29 is 4.74 Å². The summed E-state index contributed by atoms with van der Waals surface area (Å²) in [5.74, 6) is 0.728. The van der Waals surface area contributed by atoms with E-state index < -0.39 is 0 Å². The van der Waals surface area contributed by atoms with E-state index >= 15 is 0 Å². The Morgan fingerprint density at radius 3 is 2.54 bits per heavy atom. The second-order valence-electron chi connectivity index (χ2n) is 8.31. The van der Waals surface area contributed by atoms with Gasteiger partial charge in [-0.3, -0.25) is 4.90 Å². The minimum atomic E-state index is 0.547. The molecule has 4 rings (SSSR count). The largest absolute Gasteiger partial charge is 0.383 e. The van der Waals surface area contributed by atoms with E-state index in [-0.39, 0.29) is 0 Å². The molecule has 132 valence electrons. The van der Waals surface area contributed by atoms with E-state index in [4.69, 9.17) is 4.74 Å². The second-order valence-corrected chi connectivity index (χ2v) is 8.31. The van der Waals surface area contributed by atoms with Gasteiger partial charge in [-0.15, -0.1) is 0 Å². The third-order valence-corrected chi connectivity index (χ3v) is 6.54. The minimum absolute atomic E-state index is 0.547. The van der Waals surface area contributed by atoms with Crippen LogP contribution < -0.4 is 0 Å². The van der Waals surface area contributed by atoms with Gasteiger partial charge in [0.05, 0.1) is 6.61 Å². The summed E-state index contributed by atoms with van der Waals surface area (Å²) in [6, 6.07) is 12.2. The molecule has 1 aliphatic carbocycles. The van der Waals surface area contributed by atoms with Crippen molar-refractivity contribution in [3.63, 3.8) is 0 Å². The maximum absolute atomic E-state index is 5.26. The molecule has 3 aliphatic rings. The van der Waals surface area contributed by atoms with Gasteiger partial charge in [-0.05, 0) is 62.1 Å². The number of benzene rings is 1. The molecule has 1 atom stereocenters. The summed E-state index contributed by atoms with van der Waals surface area (Å²) in [7, 11) is 1.81. The third kappa shape index (κ3) is 3.68. The lowest BCUT2D eigenvalue weighted by Crippen LogP contribution is -2.52. The summed E-state index contributed by atoms with van der Waals surface area (Å²) >= 11 is 0. The molecule has 2 saturated heterocycles. The lowest BCUT2D eigenvalue weighted by Gasteiger charge is -2.50. The standard InChI is InChI=1S/C21H32N2O/c1-24-14-13-22-11-9-21(10-12-22)15-19(18-5-3-2-4-6-18)16-23(17-21)20-7-8-20/h2-6,19-20H,7-17H2,1H3/t19-/m1/s1. The van der Waals surface area contributed by atoms with Crippen molar-refractivity contribution in [1.29, 1.82) is 0 Å². The summed E-state index contributed by atoms with van der Waals surface area (Å²) in [5.41, 5.74) is 2.11. The van der Waals surface area contributed by atoms with E-state index in [1.165, 1.54) is 58.3 Å². The first-order valence-electron chi connectivity index (χ1n) is 9.78. The van der Waals surface area contributed by atoms with Crippen molar-refractivity contribution >= 4 is 0 Å². The molecule has 0 N–H and O–H groups in total. The molecule has 0 aromatic heterocycles. The molecule has 3 heteroatoms. The van der Waals surface area contributed by atoms with Crippen LogP contribution in [-0.4, -0.2) is 62.3 Å². The fraction of sp³-hybridized carbons (Fsp3) is 0.714. The molecular formula is C21H32N2O. The topological polar surface area (TPSA) is 15.7 Å². The highest BCUT2D eigenvalue weighted by atomic mass is 16.5. The molecule has 0 radical (unpaired) electrons. The molecule has 1 aromatic carbocycles. The maximum atomic E-state index is 5.26. The van der Waals surface area contributed by atoms with Crippen molar-refractivity contribution in [2.75, 3.05) is 46.4 Å². The van der Waals surface area contributed by atoms with Gasteiger partial charge in [0.2, 0.25) is 0 Å². The van der Waals surface area contributed by atoms with Crippen LogP contribution in [0.1, 0.15) is 43.6 Å². The summed E-state index contributed by atoms with van der Waals surface area (Å²) in [6.45, 7) is 7.10. The first kappa shape index (κ1) is 16.6. The molecule has 1 aromatic rings. The number of hydrogen-bond donors (Lipinski definition) is 0. The van der Waals surface area contributed by atoms with Crippen LogP contribution in [0, 0.1) is 5.41 Å². The Balaban J connectivity index is 1.46. The van der Waals surface area contributed by atoms with Gasteiger partial charge in [0.1, 0.15) is 0 Å². The predicted octanol–water partition coefficient (Wildman–Crippen LogP) is 3.37. The van der Waals surface area contributed by atoms with Gasteiger partial charge in [0, 0.05) is 32.8 Å². The summed E-state index contributed by atoms with van der Waals surface area (Å²) in [5, 5.41) is 0. The van der Waals surface area contributed by atoms with Gasteiger partial charge in [-0.1, -0.05) is 30.3 Å². The van der Waals surface area contributed by atoms with Crippen molar-refractivity contribution in [2.24, 2.45) is 5.41 Å². The number of ether oxygens (including phenoxy) is 1. The lowest BCUT2D eigenvalue weighted by atomic mass is 9.68. The zero-order valence-corrected chi connectivity index (χ0v) is 15.1. The zero-order valence-electron chi connectivity index (χ0n) is 15.1. The van der Waals surface area contributed by atoms with Gasteiger partial charge < -0.3 is 9.64 Å². The van der Waals surface area contributed by atoms with E-state index in [1.807, 2.05) is 7.11 Å². The van der Waals surface area contributed by atoms with E-state index in [9.17, 15) is 0 Å². The molecule has 0 unspecified atom stereocenters. The van der Waals surface area contributed by atoms with Gasteiger partial charge in [0.15, 0.2) is 0 Å². The Morgan fingerprint density at radius 2 is 1.88 bits per heavy atom. The monoisotopic (exact) mass is 328 g/mol. The highest BCUT2D eigenvalue weighted by molar-refractivity contribution is 5.22. The quantitative estimate of drug-likeness (QED) is 0.824. The molecule has 0 amide bonds. The SMILES string of the molecule is COCCN1CCC2(CC1)C[C@@H](c1ccccc1)CN(C1CC1)C2. The first-order chi connectivity index (χ1) is 11.8. The molecular weight excluding hydrogens is 296 g/mol. The fourth-order valence-corrected chi connectivity index (χ4v) is 4.93. The van der Waals surface area contributed by atoms with Gasteiger partial charge in [0.25, 0.3) is 0 Å². The number of rotatable bonds is 5. The van der Waals surface area contributed by atoms with Crippen LogP contribution in [0.4, 0.5) is 0 Å². The van der Waals surface area contributed by atoms with E-state index in [0.29, 0.717) is 5.41 Å². The van der Waals surface area contributed by atoms with E-state index in [1.54, 1.807) is 5.56 Å². The Bertz CT molecular complexity index is 520. The highest BCUT2D eigenvalue weighted by Crippen LogP contribution is 2.47. The molecule has 1 saturated carbocycles. The Labute approximate surface area is 147 Å². The Morgan fingerprint density at radius 1 is 1.12 bits per heavy atom. The number of methoxy groups -OCH3 is 1. The molecule has 3 fully saturated rings. The molecule has 3 nitrogen and oxygen atoms in total. The van der Waals surface area contributed by atoms with Crippen LogP contribution in [0.15, 0.2) is 30.3 Å². The summed E-state index contributed by atoms with van der Waals surface area (Å²) < 4.78 is 5.26. The average molecular weight is 329 g/mol. The lowest BCUT2D eigenvalue weighted by molar-refractivity contribution is 0.00501. The molecule has 0 bridgehead atoms. The highest BCUT2D eigenvalue weighted by Gasteiger charge is 2.45. The van der Waals surface area contributed by atoms with Crippen molar-refractivity contribution in [3.05, 3.63) is 35.9 Å². The molecule has 2 aliphatic heterocycles. The maximum Gasteiger partial charge on any atom is 0.0589 e. The molecule has 1 spiro atoms. The van der Waals surface area contributed by atoms with Crippen LogP contribution >= 0.6 is 0 Å². The van der Waals surface area contributed by atoms with Crippen LogP contribution in [0.5, 0.6) is 0 Å². The van der Waals surface area contributed by atoms with Crippen LogP contribution in [-0.2, 0) is 4.74 Å². The zero-order chi connectivity index (χ0) is 16.4.